The molecule has 0 bridgehead atoms. The van der Waals surface area contributed by atoms with Crippen LogP contribution >= 0.6 is 0 Å². The second kappa shape index (κ2) is 9.01. The lowest BCUT2D eigenvalue weighted by molar-refractivity contribution is -0.134. The number of nitrogens with zero attached hydrogens (tertiary/aromatic N) is 3. The summed E-state index contributed by atoms with van der Waals surface area (Å²) in [6.45, 7) is 7.12. The number of aromatic nitrogens is 1. The molecular weight excluding hydrogens is 326 g/mol. The number of hydrogen-bond donors (Lipinski definition) is 2. The van der Waals surface area contributed by atoms with Crippen molar-refractivity contribution >= 4 is 11.9 Å². The van der Waals surface area contributed by atoms with Gasteiger partial charge in [-0.2, -0.15) is 0 Å². The van der Waals surface area contributed by atoms with Gasteiger partial charge in [0.05, 0.1) is 12.2 Å². The summed E-state index contributed by atoms with van der Waals surface area (Å²) >= 11 is 0. The summed E-state index contributed by atoms with van der Waals surface area (Å²) in [7, 11) is 0. The molecule has 6 heteroatoms. The Morgan fingerprint density at radius 3 is 2.88 bits per heavy atom. The third-order valence-electron chi connectivity index (χ3n) is 5.39. The van der Waals surface area contributed by atoms with Gasteiger partial charge >= 0.3 is 0 Å². The fourth-order valence-corrected chi connectivity index (χ4v) is 3.86. The third kappa shape index (κ3) is 4.74. The van der Waals surface area contributed by atoms with E-state index in [9.17, 15) is 4.79 Å². The van der Waals surface area contributed by atoms with E-state index in [-0.39, 0.29) is 12.0 Å². The number of aryl methyl sites for hydroxylation is 1. The van der Waals surface area contributed by atoms with Crippen molar-refractivity contribution < 1.29 is 4.79 Å². The van der Waals surface area contributed by atoms with Crippen LogP contribution in [0.1, 0.15) is 50.3 Å². The van der Waals surface area contributed by atoms with Crippen LogP contribution in [-0.2, 0) is 11.3 Å². The number of amides is 1. The summed E-state index contributed by atoms with van der Waals surface area (Å²) in [5, 5.41) is 6.81. The van der Waals surface area contributed by atoms with Crippen LogP contribution in [0.15, 0.2) is 23.3 Å². The van der Waals surface area contributed by atoms with Crippen molar-refractivity contribution in [2.75, 3.05) is 19.6 Å². The lowest BCUT2D eigenvalue weighted by atomic mass is 10.1. The van der Waals surface area contributed by atoms with Crippen molar-refractivity contribution in [1.29, 1.82) is 0 Å². The second-order valence-electron chi connectivity index (χ2n) is 7.36. The molecule has 2 heterocycles. The van der Waals surface area contributed by atoms with Crippen LogP contribution in [0.3, 0.4) is 0 Å². The van der Waals surface area contributed by atoms with E-state index in [1.165, 1.54) is 12.8 Å². The van der Waals surface area contributed by atoms with Gasteiger partial charge in [0.15, 0.2) is 5.96 Å². The zero-order chi connectivity index (χ0) is 18.4. The highest BCUT2D eigenvalue weighted by molar-refractivity contribution is 5.81. The summed E-state index contributed by atoms with van der Waals surface area (Å²) < 4.78 is 0. The first-order valence-electron chi connectivity index (χ1n) is 9.91. The Balaban J connectivity index is 1.55. The Kier molecular flexibility index (Phi) is 6.47. The van der Waals surface area contributed by atoms with Crippen molar-refractivity contribution in [3.05, 3.63) is 29.6 Å². The minimum Gasteiger partial charge on any atom is -0.357 e. The van der Waals surface area contributed by atoms with Gasteiger partial charge in [0, 0.05) is 37.8 Å². The van der Waals surface area contributed by atoms with Gasteiger partial charge < -0.3 is 15.5 Å². The van der Waals surface area contributed by atoms with Gasteiger partial charge in [0.2, 0.25) is 5.91 Å². The average Bonchev–Trinajstić information content (AvgIpc) is 3.32. The van der Waals surface area contributed by atoms with Crippen LogP contribution in [0.25, 0.3) is 0 Å². The summed E-state index contributed by atoms with van der Waals surface area (Å²) in [4.78, 5) is 23.7. The fourth-order valence-electron chi connectivity index (χ4n) is 3.86. The Morgan fingerprint density at radius 2 is 2.15 bits per heavy atom. The summed E-state index contributed by atoms with van der Waals surface area (Å²) in [5.41, 5.74) is 2.15. The molecule has 142 valence electrons. The van der Waals surface area contributed by atoms with Crippen LogP contribution in [0.2, 0.25) is 0 Å². The Morgan fingerprint density at radius 1 is 1.35 bits per heavy atom. The molecular formula is C20H31N5O. The highest BCUT2D eigenvalue weighted by atomic mass is 16.2. The van der Waals surface area contributed by atoms with Gasteiger partial charge in [0.25, 0.3) is 0 Å². The number of carbonyl (C=O) groups is 1. The van der Waals surface area contributed by atoms with E-state index in [4.69, 9.17) is 0 Å². The molecule has 2 aliphatic rings. The SMILES string of the molecule is CCNC(=NCc1ncccc1C)NC1CCN(C(=O)C2CCCC2)C1. The molecule has 0 aromatic carbocycles. The van der Waals surface area contributed by atoms with E-state index in [1.54, 1.807) is 0 Å². The van der Waals surface area contributed by atoms with Crippen LogP contribution in [-0.4, -0.2) is 47.4 Å². The van der Waals surface area contributed by atoms with E-state index < -0.39 is 0 Å². The van der Waals surface area contributed by atoms with Crippen molar-refractivity contribution in [1.82, 2.24) is 20.5 Å². The normalized spacial score (nSPS) is 21.2. The predicted octanol–water partition coefficient (Wildman–Crippen LogP) is 2.24. The Bertz CT molecular complexity index is 639. The third-order valence-corrected chi connectivity index (χ3v) is 5.39. The molecule has 0 spiro atoms. The highest BCUT2D eigenvalue weighted by Crippen LogP contribution is 2.27. The first-order chi connectivity index (χ1) is 12.7. The Labute approximate surface area is 156 Å². The summed E-state index contributed by atoms with van der Waals surface area (Å²) in [6, 6.07) is 4.27. The van der Waals surface area contributed by atoms with Gasteiger partial charge in [0.1, 0.15) is 0 Å². The van der Waals surface area contributed by atoms with E-state index in [0.29, 0.717) is 12.5 Å². The lowest BCUT2D eigenvalue weighted by Crippen LogP contribution is -2.45. The number of nitrogens with one attached hydrogen (secondary N) is 2. The number of likely N-dealkylation sites (tertiary alicyclic amines) is 1. The standard InChI is InChI=1S/C20H31N5O/c1-3-21-20(23-13-18-15(2)7-6-11-22-18)24-17-10-12-25(14-17)19(26)16-8-4-5-9-16/h6-7,11,16-17H,3-5,8-10,12-14H2,1-2H3,(H2,21,23,24). The quantitative estimate of drug-likeness (QED) is 0.626. The van der Waals surface area contributed by atoms with Gasteiger partial charge in [-0.05, 0) is 44.7 Å². The van der Waals surface area contributed by atoms with Gasteiger partial charge in [-0.3, -0.25) is 9.78 Å². The number of pyridine rings is 1. The number of rotatable bonds is 5. The largest absolute Gasteiger partial charge is 0.357 e. The number of hydrogen-bond acceptors (Lipinski definition) is 3. The first kappa shape index (κ1) is 18.7. The first-order valence-corrected chi connectivity index (χ1v) is 9.91. The minimum absolute atomic E-state index is 0.266. The maximum atomic E-state index is 12.6. The van der Waals surface area contributed by atoms with E-state index >= 15 is 0 Å². The molecule has 3 rings (SSSR count). The molecule has 2 fully saturated rings. The van der Waals surface area contributed by atoms with E-state index in [0.717, 1.165) is 56.1 Å². The molecule has 2 N–H and O–H groups in total. The number of aliphatic imine (C=N–C) groups is 1. The summed E-state index contributed by atoms with van der Waals surface area (Å²) in [6.07, 6.45) is 7.33. The van der Waals surface area contributed by atoms with E-state index in [1.807, 2.05) is 17.2 Å². The molecule has 1 saturated heterocycles. The van der Waals surface area contributed by atoms with Crippen LogP contribution in [0.4, 0.5) is 0 Å². The average molecular weight is 358 g/mol. The van der Waals surface area contributed by atoms with Crippen molar-refractivity contribution in [2.24, 2.45) is 10.9 Å². The Hall–Kier alpha value is -2.11. The molecule has 1 aromatic heterocycles. The van der Waals surface area contributed by atoms with Gasteiger partial charge in [-0.25, -0.2) is 4.99 Å². The fraction of sp³-hybridized carbons (Fsp3) is 0.650. The van der Waals surface area contributed by atoms with Gasteiger partial charge in [-0.15, -0.1) is 0 Å². The summed E-state index contributed by atoms with van der Waals surface area (Å²) in [5.74, 6) is 1.43. The molecule has 1 atom stereocenters. The maximum Gasteiger partial charge on any atom is 0.225 e. The molecule has 26 heavy (non-hydrogen) atoms. The number of guanidine groups is 1. The van der Waals surface area contributed by atoms with Crippen LogP contribution in [0.5, 0.6) is 0 Å². The van der Waals surface area contributed by atoms with Gasteiger partial charge in [-0.1, -0.05) is 18.9 Å². The molecule has 1 amide bonds. The van der Waals surface area contributed by atoms with Crippen molar-refractivity contribution in [3.8, 4) is 0 Å². The molecule has 1 aliphatic carbocycles. The predicted molar refractivity (Wildman–Crippen MR) is 104 cm³/mol. The minimum atomic E-state index is 0.266. The smallest absolute Gasteiger partial charge is 0.225 e. The lowest BCUT2D eigenvalue weighted by Gasteiger charge is -2.21. The molecule has 1 aromatic rings. The highest BCUT2D eigenvalue weighted by Gasteiger charge is 2.32. The maximum absolute atomic E-state index is 12.6. The molecule has 1 unspecified atom stereocenters. The molecule has 1 saturated carbocycles. The zero-order valence-electron chi connectivity index (χ0n) is 16.0. The van der Waals surface area contributed by atoms with Crippen LogP contribution in [0, 0.1) is 12.8 Å². The number of carbonyl (C=O) groups excluding carboxylic acids is 1. The van der Waals surface area contributed by atoms with Crippen molar-refractivity contribution in [3.63, 3.8) is 0 Å². The topological polar surface area (TPSA) is 69.6 Å². The second-order valence-corrected chi connectivity index (χ2v) is 7.36. The van der Waals surface area contributed by atoms with Crippen molar-refractivity contribution in [2.45, 2.75) is 58.5 Å². The monoisotopic (exact) mass is 357 g/mol. The zero-order valence-corrected chi connectivity index (χ0v) is 16.0. The molecule has 6 nitrogen and oxygen atoms in total. The molecule has 1 aliphatic heterocycles. The van der Waals surface area contributed by atoms with E-state index in [2.05, 4.69) is 40.5 Å². The molecule has 0 radical (unpaired) electrons. The van der Waals surface area contributed by atoms with Crippen LogP contribution < -0.4 is 10.6 Å².